The summed E-state index contributed by atoms with van der Waals surface area (Å²) in [4.78, 5) is 15.0. The van der Waals surface area contributed by atoms with E-state index in [4.69, 9.17) is 11.6 Å². The highest BCUT2D eigenvalue weighted by Crippen LogP contribution is 2.08. The molecule has 15 heavy (non-hydrogen) atoms. The first-order valence-electron chi connectivity index (χ1n) is 4.81. The molecule has 0 saturated heterocycles. The Morgan fingerprint density at radius 1 is 1.40 bits per heavy atom. The third-order valence-corrected chi connectivity index (χ3v) is 2.38. The maximum atomic E-state index is 10.7. The number of hydrogen-bond donors (Lipinski definition) is 1. The molecule has 1 aliphatic heterocycles. The van der Waals surface area contributed by atoms with Crippen LogP contribution in [0.5, 0.6) is 0 Å². The van der Waals surface area contributed by atoms with Gasteiger partial charge in [0.15, 0.2) is 0 Å². The van der Waals surface area contributed by atoms with E-state index >= 15 is 0 Å². The topological polar surface area (TPSA) is 41.5 Å². The number of halogens is 1. The van der Waals surface area contributed by atoms with Crippen LogP contribution in [0, 0.1) is 0 Å². The van der Waals surface area contributed by atoms with Crippen molar-refractivity contribution >= 4 is 22.7 Å². The fraction of sp³-hybridized carbons (Fsp3) is 0.273. The molecule has 0 saturated carbocycles. The minimum Gasteiger partial charge on any atom is -0.368 e. The van der Waals surface area contributed by atoms with E-state index in [9.17, 15) is 4.79 Å². The number of hydrogen-bond acceptors (Lipinski definition) is 3. The fourth-order valence-corrected chi connectivity index (χ4v) is 1.69. The minimum absolute atomic E-state index is 0.280. The molecular formula is C11H11ClN2O. The quantitative estimate of drug-likeness (QED) is 0.785. The van der Waals surface area contributed by atoms with Gasteiger partial charge in [0.2, 0.25) is 5.24 Å². The van der Waals surface area contributed by atoms with Crippen LogP contribution in [0.15, 0.2) is 29.3 Å². The highest BCUT2D eigenvalue weighted by Gasteiger charge is 2.07. The number of amidine groups is 1. The maximum absolute atomic E-state index is 10.7. The van der Waals surface area contributed by atoms with Crippen molar-refractivity contribution in [2.45, 2.75) is 6.42 Å². The van der Waals surface area contributed by atoms with E-state index in [0.717, 1.165) is 30.1 Å². The molecule has 1 aromatic rings. The molecule has 4 heteroatoms. The second-order valence-electron chi connectivity index (χ2n) is 3.39. The summed E-state index contributed by atoms with van der Waals surface area (Å²) in [5.74, 6) is 0.929. The monoisotopic (exact) mass is 222 g/mol. The standard InChI is InChI=1S/C11H11ClN2O/c12-10(15)7-8-1-3-9(4-2-8)11-13-5-6-14-11/h1-4H,5-7H2,(H,13,14). The smallest absolute Gasteiger partial charge is 0.226 e. The fourth-order valence-electron chi connectivity index (χ4n) is 1.53. The lowest BCUT2D eigenvalue weighted by molar-refractivity contribution is -0.111. The van der Waals surface area contributed by atoms with E-state index in [1.165, 1.54) is 0 Å². The number of rotatable bonds is 3. The van der Waals surface area contributed by atoms with Crippen molar-refractivity contribution in [1.29, 1.82) is 0 Å². The first-order chi connectivity index (χ1) is 7.25. The number of carbonyl (C=O) groups excluding carboxylic acids is 1. The molecule has 0 bridgehead atoms. The predicted octanol–water partition coefficient (Wildman–Crippen LogP) is 1.34. The summed E-state index contributed by atoms with van der Waals surface area (Å²) in [6, 6.07) is 7.70. The van der Waals surface area contributed by atoms with Crippen molar-refractivity contribution in [3.05, 3.63) is 35.4 Å². The van der Waals surface area contributed by atoms with E-state index < -0.39 is 0 Å². The van der Waals surface area contributed by atoms with E-state index in [2.05, 4.69) is 10.3 Å². The summed E-state index contributed by atoms with van der Waals surface area (Å²) in [6.07, 6.45) is 0.280. The Morgan fingerprint density at radius 2 is 2.13 bits per heavy atom. The largest absolute Gasteiger partial charge is 0.368 e. The average Bonchev–Trinajstić information content (AvgIpc) is 2.71. The first kappa shape index (κ1) is 10.2. The molecule has 0 atom stereocenters. The van der Waals surface area contributed by atoms with Gasteiger partial charge >= 0.3 is 0 Å². The van der Waals surface area contributed by atoms with Gasteiger partial charge in [0.25, 0.3) is 0 Å². The lowest BCUT2D eigenvalue weighted by Crippen LogP contribution is -2.19. The Kier molecular flexibility index (Phi) is 3.02. The number of nitrogens with one attached hydrogen (secondary N) is 1. The van der Waals surface area contributed by atoms with Gasteiger partial charge in [-0.15, -0.1) is 0 Å². The molecule has 0 amide bonds. The van der Waals surface area contributed by atoms with Gasteiger partial charge in [0.05, 0.1) is 6.54 Å². The Hall–Kier alpha value is -1.35. The molecule has 0 spiro atoms. The summed E-state index contributed by atoms with van der Waals surface area (Å²) >= 11 is 5.30. The number of carbonyl (C=O) groups is 1. The van der Waals surface area contributed by atoms with Crippen molar-refractivity contribution in [2.75, 3.05) is 13.1 Å². The SMILES string of the molecule is O=C(Cl)Cc1ccc(C2=NCCN2)cc1. The van der Waals surface area contributed by atoms with E-state index in [1.807, 2.05) is 24.3 Å². The number of aliphatic imine (C=N–C) groups is 1. The van der Waals surface area contributed by atoms with Gasteiger partial charge < -0.3 is 5.32 Å². The molecule has 0 radical (unpaired) electrons. The molecular weight excluding hydrogens is 212 g/mol. The number of benzene rings is 1. The lowest BCUT2D eigenvalue weighted by Gasteiger charge is -2.03. The van der Waals surface area contributed by atoms with E-state index in [-0.39, 0.29) is 11.7 Å². The maximum Gasteiger partial charge on any atom is 0.226 e. The highest BCUT2D eigenvalue weighted by molar-refractivity contribution is 6.63. The Morgan fingerprint density at radius 3 is 2.67 bits per heavy atom. The zero-order valence-corrected chi connectivity index (χ0v) is 8.92. The number of nitrogens with zero attached hydrogens (tertiary/aromatic N) is 1. The summed E-state index contributed by atoms with van der Waals surface area (Å²) in [5, 5.41) is 2.86. The molecule has 1 aliphatic rings. The van der Waals surface area contributed by atoms with Gasteiger partial charge in [-0.05, 0) is 17.2 Å². The zero-order chi connectivity index (χ0) is 10.7. The lowest BCUT2D eigenvalue weighted by atomic mass is 10.1. The summed E-state index contributed by atoms with van der Waals surface area (Å²) < 4.78 is 0. The first-order valence-corrected chi connectivity index (χ1v) is 5.19. The van der Waals surface area contributed by atoms with E-state index in [1.54, 1.807) is 0 Å². The van der Waals surface area contributed by atoms with Crippen molar-refractivity contribution in [3.8, 4) is 0 Å². The molecule has 78 valence electrons. The summed E-state index contributed by atoms with van der Waals surface area (Å²) in [6.45, 7) is 1.73. The van der Waals surface area contributed by atoms with Crippen molar-refractivity contribution in [3.63, 3.8) is 0 Å². The molecule has 0 aliphatic carbocycles. The van der Waals surface area contributed by atoms with Crippen LogP contribution in [-0.2, 0) is 11.2 Å². The molecule has 0 aromatic heterocycles. The van der Waals surface area contributed by atoms with Crippen molar-refractivity contribution in [2.24, 2.45) is 4.99 Å². The van der Waals surface area contributed by atoms with Crippen LogP contribution in [-0.4, -0.2) is 24.2 Å². The van der Waals surface area contributed by atoms with Crippen LogP contribution in [0.25, 0.3) is 0 Å². The van der Waals surface area contributed by atoms with Crippen LogP contribution < -0.4 is 5.32 Å². The van der Waals surface area contributed by atoms with Crippen LogP contribution in [0.3, 0.4) is 0 Å². The van der Waals surface area contributed by atoms with Gasteiger partial charge in [0.1, 0.15) is 5.84 Å². The van der Waals surface area contributed by atoms with E-state index in [0.29, 0.717) is 0 Å². The third-order valence-electron chi connectivity index (χ3n) is 2.24. The van der Waals surface area contributed by atoms with Gasteiger partial charge in [-0.3, -0.25) is 9.79 Å². The molecule has 2 rings (SSSR count). The van der Waals surface area contributed by atoms with Gasteiger partial charge in [-0.1, -0.05) is 24.3 Å². The predicted molar refractivity (Wildman–Crippen MR) is 60.4 cm³/mol. The second kappa shape index (κ2) is 4.45. The summed E-state index contributed by atoms with van der Waals surface area (Å²) in [5.41, 5.74) is 1.98. The molecule has 1 N–H and O–H groups in total. The molecule has 1 heterocycles. The van der Waals surface area contributed by atoms with Gasteiger partial charge in [0, 0.05) is 18.5 Å². The zero-order valence-electron chi connectivity index (χ0n) is 8.16. The van der Waals surface area contributed by atoms with Crippen molar-refractivity contribution in [1.82, 2.24) is 5.32 Å². The van der Waals surface area contributed by atoms with Crippen LogP contribution in [0.1, 0.15) is 11.1 Å². The highest BCUT2D eigenvalue weighted by atomic mass is 35.5. The van der Waals surface area contributed by atoms with Crippen LogP contribution in [0.4, 0.5) is 0 Å². The third kappa shape index (κ3) is 2.57. The summed E-state index contributed by atoms with van der Waals surface area (Å²) in [7, 11) is 0. The Labute approximate surface area is 93.2 Å². The van der Waals surface area contributed by atoms with Crippen LogP contribution >= 0.6 is 11.6 Å². The normalized spacial score (nSPS) is 14.6. The van der Waals surface area contributed by atoms with Gasteiger partial charge in [-0.2, -0.15) is 0 Å². The Balaban J connectivity index is 2.13. The molecule has 0 unspecified atom stereocenters. The van der Waals surface area contributed by atoms with Gasteiger partial charge in [-0.25, -0.2) is 0 Å². The molecule has 1 aromatic carbocycles. The second-order valence-corrected chi connectivity index (χ2v) is 3.81. The molecule has 3 nitrogen and oxygen atoms in total. The average molecular weight is 223 g/mol. The van der Waals surface area contributed by atoms with Crippen molar-refractivity contribution < 1.29 is 4.79 Å². The molecule has 0 fully saturated rings. The van der Waals surface area contributed by atoms with Crippen LogP contribution in [0.2, 0.25) is 0 Å². The minimum atomic E-state index is -0.334. The Bertz CT molecular complexity index is 398.